The summed E-state index contributed by atoms with van der Waals surface area (Å²) in [5.74, 6) is 0.459. The molecule has 0 spiro atoms. The zero-order valence-corrected chi connectivity index (χ0v) is 13.7. The van der Waals surface area contributed by atoms with Gasteiger partial charge in [0.05, 0.1) is 4.90 Å². The highest BCUT2D eigenvalue weighted by atomic mass is 32.2. The van der Waals surface area contributed by atoms with Gasteiger partial charge in [-0.3, -0.25) is 0 Å². The lowest BCUT2D eigenvalue weighted by atomic mass is 9.99. The molecule has 118 valence electrons. The fourth-order valence-corrected chi connectivity index (χ4v) is 3.68. The van der Waals surface area contributed by atoms with Gasteiger partial charge in [0, 0.05) is 12.6 Å². The molecule has 1 aliphatic heterocycles. The van der Waals surface area contributed by atoms with Gasteiger partial charge in [-0.25, -0.2) is 13.1 Å². The van der Waals surface area contributed by atoms with Gasteiger partial charge in [0.1, 0.15) is 0 Å². The number of sulfonamides is 1. The highest BCUT2D eigenvalue weighted by molar-refractivity contribution is 7.89. The third-order valence-electron chi connectivity index (χ3n) is 4.30. The molecular weight excluding hydrogens is 284 g/mol. The summed E-state index contributed by atoms with van der Waals surface area (Å²) in [6.07, 6.45) is 4.44. The molecule has 1 heterocycles. The summed E-state index contributed by atoms with van der Waals surface area (Å²) in [6.45, 7) is 5.73. The van der Waals surface area contributed by atoms with E-state index in [0.717, 1.165) is 19.4 Å². The normalized spacial score (nSPS) is 21.1. The molecule has 2 unspecified atom stereocenters. The Hall–Kier alpha value is -0.910. The Balaban J connectivity index is 1.98. The van der Waals surface area contributed by atoms with E-state index in [2.05, 4.69) is 23.9 Å². The van der Waals surface area contributed by atoms with Crippen molar-refractivity contribution in [2.24, 2.45) is 0 Å². The van der Waals surface area contributed by atoms with Crippen LogP contribution >= 0.6 is 0 Å². The largest absolute Gasteiger partial charge is 0.313 e. The minimum absolute atomic E-state index is 0.257. The van der Waals surface area contributed by atoms with Crippen LogP contribution in [-0.4, -0.2) is 27.5 Å². The van der Waals surface area contributed by atoms with Gasteiger partial charge in [-0.05, 0) is 49.4 Å². The lowest BCUT2D eigenvalue weighted by molar-refractivity contribution is 0.398. The van der Waals surface area contributed by atoms with Crippen molar-refractivity contribution in [3.63, 3.8) is 0 Å². The smallest absolute Gasteiger partial charge is 0.240 e. The Kier molecular flexibility index (Phi) is 5.79. The molecule has 1 aromatic carbocycles. The van der Waals surface area contributed by atoms with Gasteiger partial charge in [-0.2, -0.15) is 0 Å². The standard InChI is InChI=1S/C16H26N2O2S/c1-3-13(2)14-7-9-16(10-8-14)21(19,20)18-12-15-6-4-5-11-17-15/h7-10,13,15,17-18H,3-6,11-12H2,1-2H3. The van der Waals surface area contributed by atoms with Crippen LogP contribution in [0.15, 0.2) is 29.2 Å². The maximum Gasteiger partial charge on any atom is 0.240 e. The first-order valence-electron chi connectivity index (χ1n) is 7.86. The zero-order chi connectivity index (χ0) is 15.3. The molecule has 0 aromatic heterocycles. The Morgan fingerprint density at radius 2 is 2.00 bits per heavy atom. The fraction of sp³-hybridized carbons (Fsp3) is 0.625. The van der Waals surface area contributed by atoms with Gasteiger partial charge < -0.3 is 5.32 Å². The van der Waals surface area contributed by atoms with E-state index in [-0.39, 0.29) is 6.04 Å². The van der Waals surface area contributed by atoms with E-state index in [4.69, 9.17) is 0 Å². The topological polar surface area (TPSA) is 58.2 Å². The van der Waals surface area contributed by atoms with Crippen LogP contribution in [0.4, 0.5) is 0 Å². The molecule has 2 rings (SSSR count). The molecular formula is C16H26N2O2S. The minimum Gasteiger partial charge on any atom is -0.313 e. The molecule has 0 radical (unpaired) electrons. The van der Waals surface area contributed by atoms with Crippen LogP contribution in [-0.2, 0) is 10.0 Å². The van der Waals surface area contributed by atoms with Gasteiger partial charge in [-0.15, -0.1) is 0 Å². The molecule has 4 nitrogen and oxygen atoms in total. The number of hydrogen-bond acceptors (Lipinski definition) is 3. The molecule has 21 heavy (non-hydrogen) atoms. The van der Waals surface area contributed by atoms with Gasteiger partial charge in [-0.1, -0.05) is 32.4 Å². The highest BCUT2D eigenvalue weighted by Gasteiger charge is 2.18. The van der Waals surface area contributed by atoms with Crippen molar-refractivity contribution in [1.29, 1.82) is 0 Å². The Labute approximate surface area is 128 Å². The van der Waals surface area contributed by atoms with E-state index in [0.29, 0.717) is 17.4 Å². The van der Waals surface area contributed by atoms with Crippen LogP contribution in [0.2, 0.25) is 0 Å². The van der Waals surface area contributed by atoms with E-state index < -0.39 is 10.0 Å². The Morgan fingerprint density at radius 1 is 1.29 bits per heavy atom. The third kappa shape index (κ3) is 4.53. The summed E-state index contributed by atoms with van der Waals surface area (Å²) < 4.78 is 27.3. The second-order valence-corrected chi connectivity index (χ2v) is 7.64. The van der Waals surface area contributed by atoms with E-state index in [1.807, 2.05) is 12.1 Å². The maximum atomic E-state index is 12.3. The summed E-state index contributed by atoms with van der Waals surface area (Å²) in [5, 5.41) is 3.35. The van der Waals surface area contributed by atoms with Crippen LogP contribution in [0.1, 0.15) is 51.0 Å². The van der Waals surface area contributed by atoms with Crippen LogP contribution in [0.3, 0.4) is 0 Å². The van der Waals surface area contributed by atoms with Crippen molar-refractivity contribution < 1.29 is 8.42 Å². The number of rotatable bonds is 6. The monoisotopic (exact) mass is 310 g/mol. The van der Waals surface area contributed by atoms with E-state index in [1.54, 1.807) is 12.1 Å². The molecule has 2 N–H and O–H groups in total. The van der Waals surface area contributed by atoms with Gasteiger partial charge >= 0.3 is 0 Å². The molecule has 2 atom stereocenters. The molecule has 0 saturated carbocycles. The summed E-state index contributed by atoms with van der Waals surface area (Å²) in [6, 6.07) is 7.51. The summed E-state index contributed by atoms with van der Waals surface area (Å²) in [5.41, 5.74) is 1.19. The summed E-state index contributed by atoms with van der Waals surface area (Å²) in [7, 11) is -3.40. The zero-order valence-electron chi connectivity index (χ0n) is 12.9. The SMILES string of the molecule is CCC(C)c1ccc(S(=O)(=O)NCC2CCCCN2)cc1. The maximum absolute atomic E-state index is 12.3. The van der Waals surface area contributed by atoms with E-state index in [1.165, 1.54) is 18.4 Å². The molecule has 1 saturated heterocycles. The second kappa shape index (κ2) is 7.38. The molecule has 1 aromatic rings. The first kappa shape index (κ1) is 16.5. The lowest BCUT2D eigenvalue weighted by Gasteiger charge is -2.23. The predicted octanol–water partition coefficient (Wildman–Crippen LogP) is 2.62. The predicted molar refractivity (Wildman–Crippen MR) is 86.0 cm³/mol. The van der Waals surface area contributed by atoms with Crippen LogP contribution in [0.5, 0.6) is 0 Å². The number of benzene rings is 1. The van der Waals surface area contributed by atoms with Gasteiger partial charge in [0.25, 0.3) is 0 Å². The van der Waals surface area contributed by atoms with Crippen LogP contribution in [0.25, 0.3) is 0 Å². The molecule has 0 aliphatic carbocycles. The average molecular weight is 310 g/mol. The van der Waals surface area contributed by atoms with Crippen molar-refractivity contribution >= 4 is 10.0 Å². The van der Waals surface area contributed by atoms with Crippen molar-refractivity contribution in [3.8, 4) is 0 Å². The average Bonchev–Trinajstić information content (AvgIpc) is 2.53. The molecule has 0 amide bonds. The van der Waals surface area contributed by atoms with Gasteiger partial charge in [0.15, 0.2) is 0 Å². The molecule has 0 bridgehead atoms. The fourth-order valence-electron chi connectivity index (χ4n) is 2.60. The second-order valence-electron chi connectivity index (χ2n) is 5.88. The minimum atomic E-state index is -3.40. The van der Waals surface area contributed by atoms with Gasteiger partial charge in [0.2, 0.25) is 10.0 Å². The number of hydrogen-bond donors (Lipinski definition) is 2. The Bertz CT molecular complexity index is 534. The van der Waals surface area contributed by atoms with Crippen molar-refractivity contribution in [3.05, 3.63) is 29.8 Å². The van der Waals surface area contributed by atoms with E-state index >= 15 is 0 Å². The molecule has 1 aliphatic rings. The van der Waals surface area contributed by atoms with Crippen molar-refractivity contribution in [2.75, 3.05) is 13.1 Å². The number of piperidine rings is 1. The third-order valence-corrected chi connectivity index (χ3v) is 5.74. The quantitative estimate of drug-likeness (QED) is 0.849. The van der Waals surface area contributed by atoms with Crippen molar-refractivity contribution in [2.45, 2.75) is 56.4 Å². The van der Waals surface area contributed by atoms with Crippen LogP contribution in [0, 0.1) is 0 Å². The summed E-state index contributed by atoms with van der Waals surface area (Å²) >= 11 is 0. The van der Waals surface area contributed by atoms with Crippen molar-refractivity contribution in [1.82, 2.24) is 10.0 Å². The molecule has 5 heteroatoms. The Morgan fingerprint density at radius 3 is 2.57 bits per heavy atom. The number of nitrogens with one attached hydrogen (secondary N) is 2. The highest BCUT2D eigenvalue weighted by Crippen LogP contribution is 2.20. The first-order valence-corrected chi connectivity index (χ1v) is 9.34. The van der Waals surface area contributed by atoms with Crippen LogP contribution < -0.4 is 10.0 Å². The lowest BCUT2D eigenvalue weighted by Crippen LogP contribution is -2.43. The molecule has 1 fully saturated rings. The first-order chi connectivity index (χ1) is 10.0. The summed E-state index contributed by atoms with van der Waals surface area (Å²) in [4.78, 5) is 0.352. The van der Waals surface area contributed by atoms with E-state index in [9.17, 15) is 8.42 Å².